The van der Waals surface area contributed by atoms with Gasteiger partial charge in [-0.3, -0.25) is 9.80 Å². The van der Waals surface area contributed by atoms with Crippen molar-refractivity contribution in [1.29, 1.82) is 0 Å². The van der Waals surface area contributed by atoms with Gasteiger partial charge in [0, 0.05) is 44.8 Å². The average Bonchev–Trinajstić information content (AvgIpc) is 2.47. The molecular formula is C17H33N3. The van der Waals surface area contributed by atoms with Crippen LogP contribution in [0.3, 0.4) is 0 Å². The lowest BCUT2D eigenvalue weighted by atomic mass is 9.87. The monoisotopic (exact) mass is 279 g/mol. The Morgan fingerprint density at radius 1 is 1.00 bits per heavy atom. The van der Waals surface area contributed by atoms with E-state index in [-0.39, 0.29) is 0 Å². The van der Waals surface area contributed by atoms with E-state index in [1.54, 1.807) is 0 Å². The van der Waals surface area contributed by atoms with Crippen LogP contribution in [0.5, 0.6) is 0 Å². The van der Waals surface area contributed by atoms with Crippen LogP contribution in [0.1, 0.15) is 51.9 Å². The van der Waals surface area contributed by atoms with Gasteiger partial charge >= 0.3 is 0 Å². The Morgan fingerprint density at radius 2 is 1.95 bits per heavy atom. The Balaban J connectivity index is 1.34. The first kappa shape index (κ1) is 14.8. The summed E-state index contributed by atoms with van der Waals surface area (Å²) in [4.78, 5) is 5.43. The lowest BCUT2D eigenvalue weighted by Gasteiger charge is -2.44. The van der Waals surface area contributed by atoms with Crippen LogP contribution in [0.15, 0.2) is 0 Å². The van der Waals surface area contributed by atoms with E-state index in [4.69, 9.17) is 0 Å². The molecule has 20 heavy (non-hydrogen) atoms. The predicted octanol–water partition coefficient (Wildman–Crippen LogP) is 2.32. The van der Waals surface area contributed by atoms with Gasteiger partial charge in [-0.25, -0.2) is 0 Å². The van der Waals surface area contributed by atoms with Crippen molar-refractivity contribution in [2.75, 3.05) is 39.3 Å². The predicted molar refractivity (Wildman–Crippen MR) is 85.1 cm³/mol. The molecule has 3 heteroatoms. The van der Waals surface area contributed by atoms with Crippen molar-refractivity contribution in [3.63, 3.8) is 0 Å². The van der Waals surface area contributed by atoms with Gasteiger partial charge < -0.3 is 5.32 Å². The molecule has 2 saturated heterocycles. The molecule has 1 aliphatic carbocycles. The summed E-state index contributed by atoms with van der Waals surface area (Å²) < 4.78 is 0. The van der Waals surface area contributed by atoms with Gasteiger partial charge in [-0.05, 0) is 38.1 Å². The van der Waals surface area contributed by atoms with Crippen molar-refractivity contribution < 1.29 is 0 Å². The van der Waals surface area contributed by atoms with Crippen LogP contribution < -0.4 is 5.32 Å². The number of rotatable bonds is 4. The molecular weight excluding hydrogens is 246 g/mol. The highest BCUT2D eigenvalue weighted by Crippen LogP contribution is 2.23. The third-order valence-electron chi connectivity index (χ3n) is 5.72. The number of nitrogens with one attached hydrogen (secondary N) is 1. The first-order valence-corrected chi connectivity index (χ1v) is 9.01. The topological polar surface area (TPSA) is 18.5 Å². The van der Waals surface area contributed by atoms with E-state index in [9.17, 15) is 0 Å². The number of piperazine rings is 1. The third kappa shape index (κ3) is 3.96. The van der Waals surface area contributed by atoms with Gasteiger partial charge in [0.15, 0.2) is 0 Å². The first-order chi connectivity index (χ1) is 9.81. The van der Waals surface area contributed by atoms with Crippen molar-refractivity contribution >= 4 is 0 Å². The standard InChI is InChI=1S/C17H33N3/c1-15-5-4-6-16(13-15)18-8-10-19-11-12-20-9-3-2-7-17(20)14-19/h15-18H,2-14H2,1H3. The lowest BCUT2D eigenvalue weighted by Crippen LogP contribution is -2.55. The number of hydrogen-bond donors (Lipinski definition) is 1. The smallest absolute Gasteiger partial charge is 0.0223 e. The molecule has 3 nitrogen and oxygen atoms in total. The highest BCUT2D eigenvalue weighted by Gasteiger charge is 2.28. The number of fused-ring (bicyclic) bond motifs is 1. The summed E-state index contributed by atoms with van der Waals surface area (Å²) in [6.45, 7) is 10.2. The summed E-state index contributed by atoms with van der Waals surface area (Å²) in [5.41, 5.74) is 0. The van der Waals surface area contributed by atoms with Crippen molar-refractivity contribution in [2.45, 2.75) is 64.0 Å². The molecule has 116 valence electrons. The molecule has 1 N–H and O–H groups in total. The van der Waals surface area contributed by atoms with Crippen molar-refractivity contribution in [3.05, 3.63) is 0 Å². The molecule has 1 saturated carbocycles. The van der Waals surface area contributed by atoms with E-state index < -0.39 is 0 Å². The Morgan fingerprint density at radius 3 is 2.85 bits per heavy atom. The van der Waals surface area contributed by atoms with Crippen molar-refractivity contribution in [1.82, 2.24) is 15.1 Å². The van der Waals surface area contributed by atoms with E-state index in [1.807, 2.05) is 0 Å². The molecule has 0 amide bonds. The second-order valence-corrected chi connectivity index (χ2v) is 7.41. The van der Waals surface area contributed by atoms with Crippen LogP contribution in [-0.4, -0.2) is 61.2 Å². The molecule has 3 fully saturated rings. The molecule has 2 heterocycles. The molecule has 3 rings (SSSR count). The molecule has 3 unspecified atom stereocenters. The van der Waals surface area contributed by atoms with Gasteiger partial charge in [0.1, 0.15) is 0 Å². The Kier molecular flexibility index (Phi) is 5.36. The zero-order valence-electron chi connectivity index (χ0n) is 13.3. The van der Waals surface area contributed by atoms with Gasteiger partial charge in [0.05, 0.1) is 0 Å². The highest BCUT2D eigenvalue weighted by molar-refractivity contribution is 4.85. The van der Waals surface area contributed by atoms with E-state index >= 15 is 0 Å². The fraction of sp³-hybridized carbons (Fsp3) is 1.00. The molecule has 0 aromatic carbocycles. The molecule has 3 atom stereocenters. The summed E-state index contributed by atoms with van der Waals surface area (Å²) >= 11 is 0. The normalized spacial score (nSPS) is 36.8. The van der Waals surface area contributed by atoms with Gasteiger partial charge in [-0.1, -0.05) is 26.2 Å². The van der Waals surface area contributed by atoms with Gasteiger partial charge in [-0.2, -0.15) is 0 Å². The van der Waals surface area contributed by atoms with Gasteiger partial charge in [-0.15, -0.1) is 0 Å². The van der Waals surface area contributed by atoms with Gasteiger partial charge in [0.2, 0.25) is 0 Å². The van der Waals surface area contributed by atoms with Crippen LogP contribution >= 0.6 is 0 Å². The second-order valence-electron chi connectivity index (χ2n) is 7.41. The van der Waals surface area contributed by atoms with Crippen LogP contribution in [0.25, 0.3) is 0 Å². The number of piperidine rings is 1. The summed E-state index contributed by atoms with van der Waals surface area (Å²) in [5.74, 6) is 0.937. The molecule has 3 aliphatic rings. The zero-order valence-corrected chi connectivity index (χ0v) is 13.3. The van der Waals surface area contributed by atoms with Crippen LogP contribution in [0.4, 0.5) is 0 Å². The SMILES string of the molecule is CC1CCCC(NCCN2CCN3CCCCC3C2)C1. The van der Waals surface area contributed by atoms with Gasteiger partial charge in [0.25, 0.3) is 0 Å². The minimum atomic E-state index is 0.801. The van der Waals surface area contributed by atoms with E-state index in [2.05, 4.69) is 22.0 Å². The second kappa shape index (κ2) is 7.24. The summed E-state index contributed by atoms with van der Waals surface area (Å²) in [6.07, 6.45) is 9.99. The maximum absolute atomic E-state index is 3.82. The molecule has 0 bridgehead atoms. The molecule has 0 aromatic rings. The summed E-state index contributed by atoms with van der Waals surface area (Å²) in [5, 5.41) is 3.82. The lowest BCUT2D eigenvalue weighted by molar-refractivity contribution is 0.0494. The van der Waals surface area contributed by atoms with Crippen LogP contribution in [0.2, 0.25) is 0 Å². The average molecular weight is 279 g/mol. The quantitative estimate of drug-likeness (QED) is 0.852. The Bertz CT molecular complexity index is 294. The van der Waals surface area contributed by atoms with Crippen molar-refractivity contribution in [3.8, 4) is 0 Å². The Labute approximate surface area is 125 Å². The van der Waals surface area contributed by atoms with E-state index in [1.165, 1.54) is 84.2 Å². The molecule has 0 spiro atoms. The minimum absolute atomic E-state index is 0.801. The zero-order chi connectivity index (χ0) is 13.8. The highest BCUT2D eigenvalue weighted by atomic mass is 15.3. The van der Waals surface area contributed by atoms with E-state index in [0.29, 0.717) is 0 Å². The first-order valence-electron chi connectivity index (χ1n) is 9.01. The number of hydrogen-bond acceptors (Lipinski definition) is 3. The number of nitrogens with zero attached hydrogens (tertiary/aromatic N) is 2. The summed E-state index contributed by atoms with van der Waals surface area (Å²) in [6, 6.07) is 1.67. The molecule has 2 aliphatic heterocycles. The van der Waals surface area contributed by atoms with Crippen molar-refractivity contribution in [2.24, 2.45) is 5.92 Å². The maximum Gasteiger partial charge on any atom is 0.0223 e. The fourth-order valence-corrected chi connectivity index (χ4v) is 4.47. The summed E-state index contributed by atoms with van der Waals surface area (Å²) in [7, 11) is 0. The van der Waals surface area contributed by atoms with Crippen LogP contribution in [-0.2, 0) is 0 Å². The minimum Gasteiger partial charge on any atom is -0.313 e. The third-order valence-corrected chi connectivity index (χ3v) is 5.72. The largest absolute Gasteiger partial charge is 0.313 e. The maximum atomic E-state index is 3.82. The van der Waals surface area contributed by atoms with Crippen LogP contribution in [0, 0.1) is 5.92 Å². The molecule has 0 radical (unpaired) electrons. The fourth-order valence-electron chi connectivity index (χ4n) is 4.47. The Hall–Kier alpha value is -0.120. The molecule has 0 aromatic heterocycles. The van der Waals surface area contributed by atoms with E-state index in [0.717, 1.165) is 18.0 Å².